The van der Waals surface area contributed by atoms with Gasteiger partial charge in [-0.3, -0.25) is 4.79 Å². The first kappa shape index (κ1) is 17.6. The number of nitrogens with zero attached hydrogens (tertiary/aromatic N) is 2. The van der Waals surface area contributed by atoms with E-state index in [1.54, 1.807) is 11.6 Å². The zero-order valence-electron chi connectivity index (χ0n) is 14.4. The van der Waals surface area contributed by atoms with Gasteiger partial charge in [0.25, 0.3) is 0 Å². The number of para-hydroxylation sites is 1. The molecule has 3 aromatic rings. The van der Waals surface area contributed by atoms with E-state index in [-0.39, 0.29) is 18.1 Å². The van der Waals surface area contributed by atoms with E-state index < -0.39 is 11.6 Å². The fourth-order valence-corrected chi connectivity index (χ4v) is 2.67. The standard InChI is InChI=1S/C19H18F2N4O/c1-12-19(13(2)25(24-12)17-6-4-3-5-7-17)23-18(26)11-22-16-9-14(20)8-15(21)10-16/h3-10,22H,11H2,1-2H3,(H,23,26). The van der Waals surface area contributed by atoms with Crippen molar-refractivity contribution in [3.63, 3.8) is 0 Å². The summed E-state index contributed by atoms with van der Waals surface area (Å²) in [5.74, 6) is -1.75. The minimum absolute atomic E-state index is 0.127. The van der Waals surface area contributed by atoms with Gasteiger partial charge in [0.15, 0.2) is 0 Å². The molecule has 0 fully saturated rings. The van der Waals surface area contributed by atoms with Crippen LogP contribution in [0.2, 0.25) is 0 Å². The van der Waals surface area contributed by atoms with Crippen LogP contribution in [0.3, 0.4) is 0 Å². The molecule has 1 heterocycles. The van der Waals surface area contributed by atoms with E-state index in [0.717, 1.165) is 29.6 Å². The molecule has 1 aromatic heterocycles. The molecule has 0 spiro atoms. The Morgan fingerprint density at radius 2 is 1.73 bits per heavy atom. The van der Waals surface area contributed by atoms with E-state index in [9.17, 15) is 13.6 Å². The number of halogens is 2. The van der Waals surface area contributed by atoms with Crippen LogP contribution in [0.5, 0.6) is 0 Å². The van der Waals surface area contributed by atoms with E-state index in [4.69, 9.17) is 0 Å². The minimum Gasteiger partial charge on any atom is -0.376 e. The second kappa shape index (κ2) is 7.35. The molecule has 0 atom stereocenters. The van der Waals surface area contributed by atoms with Gasteiger partial charge in [-0.2, -0.15) is 5.10 Å². The van der Waals surface area contributed by atoms with Gasteiger partial charge in [-0.15, -0.1) is 0 Å². The fraction of sp³-hybridized carbons (Fsp3) is 0.158. The van der Waals surface area contributed by atoms with Gasteiger partial charge in [-0.1, -0.05) is 18.2 Å². The summed E-state index contributed by atoms with van der Waals surface area (Å²) in [6.45, 7) is 3.54. The molecule has 0 bridgehead atoms. The van der Waals surface area contributed by atoms with Gasteiger partial charge in [0, 0.05) is 11.8 Å². The van der Waals surface area contributed by atoms with Gasteiger partial charge < -0.3 is 10.6 Å². The van der Waals surface area contributed by atoms with Crippen molar-refractivity contribution in [2.24, 2.45) is 0 Å². The lowest BCUT2D eigenvalue weighted by atomic mass is 10.2. The highest BCUT2D eigenvalue weighted by Gasteiger charge is 2.15. The molecule has 1 amide bonds. The highest BCUT2D eigenvalue weighted by atomic mass is 19.1. The minimum atomic E-state index is -0.705. The van der Waals surface area contributed by atoms with Gasteiger partial charge in [-0.05, 0) is 38.1 Å². The zero-order chi connectivity index (χ0) is 18.7. The molecule has 5 nitrogen and oxygen atoms in total. The largest absolute Gasteiger partial charge is 0.376 e. The average Bonchev–Trinajstić information content (AvgIpc) is 2.88. The molecule has 0 aliphatic carbocycles. The van der Waals surface area contributed by atoms with Crippen LogP contribution in [0.15, 0.2) is 48.5 Å². The lowest BCUT2D eigenvalue weighted by Gasteiger charge is -2.09. The number of anilines is 2. The topological polar surface area (TPSA) is 59.0 Å². The summed E-state index contributed by atoms with van der Waals surface area (Å²) < 4.78 is 28.1. The Kier molecular flexibility index (Phi) is 4.97. The molecule has 0 saturated heterocycles. The summed E-state index contributed by atoms with van der Waals surface area (Å²) in [6.07, 6.45) is 0. The molecule has 2 N–H and O–H groups in total. The number of hydrogen-bond donors (Lipinski definition) is 2. The SMILES string of the molecule is Cc1nn(-c2ccccc2)c(C)c1NC(=O)CNc1cc(F)cc(F)c1. The monoisotopic (exact) mass is 356 g/mol. The normalized spacial score (nSPS) is 10.6. The van der Waals surface area contributed by atoms with E-state index in [2.05, 4.69) is 15.7 Å². The van der Waals surface area contributed by atoms with Crippen molar-refractivity contribution in [3.05, 3.63) is 71.6 Å². The third kappa shape index (κ3) is 3.88. The van der Waals surface area contributed by atoms with Crippen LogP contribution in [0, 0.1) is 25.5 Å². The number of carbonyl (C=O) groups is 1. The second-order valence-corrected chi connectivity index (χ2v) is 5.85. The van der Waals surface area contributed by atoms with Crippen molar-refractivity contribution >= 4 is 17.3 Å². The quantitative estimate of drug-likeness (QED) is 0.731. The number of hydrogen-bond acceptors (Lipinski definition) is 3. The molecule has 7 heteroatoms. The van der Waals surface area contributed by atoms with E-state index in [1.165, 1.54) is 0 Å². The van der Waals surface area contributed by atoms with Crippen LogP contribution >= 0.6 is 0 Å². The Hall–Kier alpha value is -3.22. The second-order valence-electron chi connectivity index (χ2n) is 5.85. The van der Waals surface area contributed by atoms with Crippen molar-refractivity contribution in [2.45, 2.75) is 13.8 Å². The third-order valence-corrected chi connectivity index (χ3v) is 3.87. The third-order valence-electron chi connectivity index (χ3n) is 3.87. The van der Waals surface area contributed by atoms with E-state index >= 15 is 0 Å². The van der Waals surface area contributed by atoms with Crippen molar-refractivity contribution in [3.8, 4) is 5.69 Å². The maximum Gasteiger partial charge on any atom is 0.243 e. The van der Waals surface area contributed by atoms with Crippen LogP contribution in [-0.2, 0) is 4.79 Å². The maximum absolute atomic E-state index is 13.2. The summed E-state index contributed by atoms with van der Waals surface area (Å²) in [4.78, 5) is 12.2. The van der Waals surface area contributed by atoms with Crippen molar-refractivity contribution in [1.29, 1.82) is 0 Å². The fourth-order valence-electron chi connectivity index (χ4n) is 2.67. The molecule has 0 aliphatic rings. The van der Waals surface area contributed by atoms with Crippen molar-refractivity contribution < 1.29 is 13.6 Å². The number of benzene rings is 2. The Balaban J connectivity index is 1.71. The molecule has 0 radical (unpaired) electrons. The number of aromatic nitrogens is 2. The van der Waals surface area contributed by atoms with Gasteiger partial charge >= 0.3 is 0 Å². The molecule has 26 heavy (non-hydrogen) atoms. The Bertz CT molecular complexity index is 918. The first-order valence-electron chi connectivity index (χ1n) is 8.05. The Labute approximate surface area is 149 Å². The molecule has 0 saturated carbocycles. The lowest BCUT2D eigenvalue weighted by Crippen LogP contribution is -2.22. The predicted molar refractivity (Wildman–Crippen MR) is 96.5 cm³/mol. The van der Waals surface area contributed by atoms with Crippen LogP contribution < -0.4 is 10.6 Å². The maximum atomic E-state index is 13.2. The van der Waals surface area contributed by atoms with Gasteiger partial charge in [-0.25, -0.2) is 13.5 Å². The summed E-state index contributed by atoms with van der Waals surface area (Å²) in [6, 6.07) is 12.6. The first-order chi connectivity index (χ1) is 12.4. The van der Waals surface area contributed by atoms with Crippen LogP contribution in [0.4, 0.5) is 20.2 Å². The summed E-state index contributed by atoms with van der Waals surface area (Å²) in [5.41, 5.74) is 3.18. The summed E-state index contributed by atoms with van der Waals surface area (Å²) >= 11 is 0. The van der Waals surface area contributed by atoms with Gasteiger partial charge in [0.2, 0.25) is 5.91 Å². The lowest BCUT2D eigenvalue weighted by molar-refractivity contribution is -0.114. The smallest absolute Gasteiger partial charge is 0.243 e. The summed E-state index contributed by atoms with van der Waals surface area (Å²) in [5, 5.41) is 9.96. The predicted octanol–water partition coefficient (Wildman–Crippen LogP) is 3.82. The average molecular weight is 356 g/mol. The Morgan fingerprint density at radius 3 is 2.38 bits per heavy atom. The molecule has 0 unspecified atom stereocenters. The molecule has 0 aliphatic heterocycles. The molecule has 134 valence electrons. The molecule has 3 rings (SSSR count). The highest BCUT2D eigenvalue weighted by Crippen LogP contribution is 2.22. The van der Waals surface area contributed by atoms with Crippen molar-refractivity contribution in [2.75, 3.05) is 17.2 Å². The van der Waals surface area contributed by atoms with Crippen molar-refractivity contribution in [1.82, 2.24) is 9.78 Å². The van der Waals surface area contributed by atoms with Crippen LogP contribution in [-0.4, -0.2) is 22.2 Å². The van der Waals surface area contributed by atoms with E-state index in [0.29, 0.717) is 11.4 Å². The van der Waals surface area contributed by atoms with E-state index in [1.807, 2.05) is 37.3 Å². The number of rotatable bonds is 5. The number of carbonyl (C=O) groups excluding carboxylic acids is 1. The highest BCUT2D eigenvalue weighted by molar-refractivity contribution is 5.94. The van der Waals surface area contributed by atoms with Gasteiger partial charge in [0.1, 0.15) is 11.6 Å². The molecular formula is C19H18F2N4O. The van der Waals surface area contributed by atoms with Crippen LogP contribution in [0.25, 0.3) is 5.69 Å². The molecular weight excluding hydrogens is 338 g/mol. The number of nitrogens with one attached hydrogen (secondary N) is 2. The first-order valence-corrected chi connectivity index (χ1v) is 8.05. The molecule has 2 aromatic carbocycles. The number of aryl methyl sites for hydroxylation is 1. The Morgan fingerprint density at radius 1 is 1.08 bits per heavy atom. The van der Waals surface area contributed by atoms with Crippen LogP contribution in [0.1, 0.15) is 11.4 Å². The van der Waals surface area contributed by atoms with Gasteiger partial charge in [0.05, 0.1) is 29.3 Å². The number of amides is 1. The zero-order valence-corrected chi connectivity index (χ0v) is 14.4. The summed E-state index contributed by atoms with van der Waals surface area (Å²) in [7, 11) is 0.